The molecule has 4 heteroatoms. The number of aryl methyl sites for hydroxylation is 2. The molecule has 0 bridgehead atoms. The first kappa shape index (κ1) is 21.7. The van der Waals surface area contributed by atoms with Crippen molar-refractivity contribution in [2.45, 2.75) is 52.8 Å². The van der Waals surface area contributed by atoms with Gasteiger partial charge in [0.05, 0.1) is 29.3 Å². The van der Waals surface area contributed by atoms with Gasteiger partial charge in [0, 0.05) is 20.3 Å². The topological polar surface area (TPSA) is 26.6 Å². The normalized spacial score (nSPS) is 14.0. The number of aromatic nitrogens is 4. The number of nitrogens with zero attached hydrogens (tertiary/aromatic N) is 4. The van der Waals surface area contributed by atoms with Crippen molar-refractivity contribution in [3.8, 4) is 22.8 Å². The van der Waals surface area contributed by atoms with E-state index in [1.54, 1.807) is 0 Å². The van der Waals surface area contributed by atoms with Crippen LogP contribution in [0.1, 0.15) is 70.3 Å². The summed E-state index contributed by atoms with van der Waals surface area (Å²) < 4.78 is 25.3. The van der Waals surface area contributed by atoms with E-state index in [0.717, 1.165) is 57.0 Å². The number of fused-ring (bicyclic) bond motifs is 6. The van der Waals surface area contributed by atoms with E-state index in [1.807, 2.05) is 39.8 Å². The van der Waals surface area contributed by atoms with Crippen molar-refractivity contribution < 1.29 is 7.31 Å². The molecule has 0 spiro atoms. The van der Waals surface area contributed by atoms with Gasteiger partial charge in [0.2, 0.25) is 0 Å². The minimum absolute atomic E-state index is 0.741. The second kappa shape index (κ2) is 8.67. The van der Waals surface area contributed by atoms with E-state index in [1.165, 1.54) is 22.4 Å². The lowest BCUT2D eigenvalue weighted by atomic mass is 9.91. The van der Waals surface area contributed by atoms with Gasteiger partial charge < -0.3 is 0 Å². The van der Waals surface area contributed by atoms with Gasteiger partial charge in [-0.25, -0.2) is 9.55 Å². The van der Waals surface area contributed by atoms with Crippen LogP contribution in [0, 0.1) is 6.92 Å². The summed E-state index contributed by atoms with van der Waals surface area (Å²) in [5.74, 6) is 0.371. The van der Waals surface area contributed by atoms with Gasteiger partial charge in [0.15, 0.2) is 11.0 Å². The third kappa shape index (κ3) is 3.37. The molecule has 0 unspecified atom stereocenters. The Hall–Kier alpha value is -4.18. The summed E-state index contributed by atoms with van der Waals surface area (Å²) in [7, 11) is 2.13. The quantitative estimate of drug-likeness (QED) is 0.220. The van der Waals surface area contributed by atoms with Crippen LogP contribution < -0.4 is 4.57 Å². The molecule has 7 rings (SSSR count). The Morgan fingerprint density at radius 1 is 0.795 bits per heavy atom. The van der Waals surface area contributed by atoms with E-state index < -0.39 is 11.8 Å². The Morgan fingerprint density at radius 2 is 1.46 bits per heavy atom. The zero-order valence-corrected chi connectivity index (χ0v) is 23.5. The molecular formula is C35H35N4+. The predicted molar refractivity (Wildman–Crippen MR) is 160 cm³/mol. The maximum Gasteiger partial charge on any atom is 0.295 e. The van der Waals surface area contributed by atoms with Crippen LogP contribution in [0.4, 0.5) is 0 Å². The summed E-state index contributed by atoms with van der Waals surface area (Å²) in [5.41, 5.74) is 11.8. The Kier molecular flexibility index (Phi) is 4.83. The number of para-hydroxylation sites is 5. The summed E-state index contributed by atoms with van der Waals surface area (Å²) in [6.07, 6.45) is 0.741. The fraction of sp³-hybridized carbons (Fsp3) is 0.257. The zero-order chi connectivity index (χ0) is 28.8. The first-order valence-corrected chi connectivity index (χ1v) is 13.7. The van der Waals surface area contributed by atoms with Crippen molar-refractivity contribution in [1.29, 1.82) is 0 Å². The maximum atomic E-state index is 9.17. The van der Waals surface area contributed by atoms with Crippen LogP contribution in [0.2, 0.25) is 0 Å². The highest BCUT2D eigenvalue weighted by atomic mass is 15.2. The van der Waals surface area contributed by atoms with Crippen molar-refractivity contribution in [2.24, 2.45) is 7.05 Å². The van der Waals surface area contributed by atoms with Crippen molar-refractivity contribution in [3.05, 3.63) is 107 Å². The third-order valence-corrected chi connectivity index (χ3v) is 8.28. The predicted octanol–water partition coefficient (Wildman–Crippen LogP) is 7.92. The van der Waals surface area contributed by atoms with Gasteiger partial charge in [-0.2, -0.15) is 4.57 Å². The summed E-state index contributed by atoms with van der Waals surface area (Å²) in [5, 5.41) is 0. The molecule has 0 N–H and O–H groups in total. The second-order valence-corrected chi connectivity index (χ2v) is 11.2. The second-order valence-electron chi connectivity index (χ2n) is 11.2. The molecule has 194 valence electrons. The van der Waals surface area contributed by atoms with Crippen LogP contribution in [0.15, 0.2) is 78.9 Å². The average molecular weight is 514 g/mol. The van der Waals surface area contributed by atoms with Gasteiger partial charge in [-0.1, -0.05) is 76.2 Å². The molecular weight excluding hydrogens is 476 g/mol. The fourth-order valence-corrected chi connectivity index (χ4v) is 6.49. The van der Waals surface area contributed by atoms with Gasteiger partial charge in [-0.15, -0.1) is 0 Å². The van der Waals surface area contributed by atoms with Gasteiger partial charge in [0.25, 0.3) is 5.82 Å². The molecule has 0 atom stereocenters. The molecule has 2 aromatic heterocycles. The number of hydrogen-bond acceptors (Lipinski definition) is 1. The molecule has 3 heterocycles. The first-order chi connectivity index (χ1) is 19.5. The highest BCUT2D eigenvalue weighted by Gasteiger charge is 2.35. The highest BCUT2D eigenvalue weighted by molar-refractivity contribution is 5.85. The van der Waals surface area contributed by atoms with E-state index in [9.17, 15) is 0 Å². The highest BCUT2D eigenvalue weighted by Crippen LogP contribution is 2.42. The summed E-state index contributed by atoms with van der Waals surface area (Å²) in [4.78, 5) is 5.01. The molecule has 1 aliphatic rings. The number of hydrogen-bond donors (Lipinski definition) is 0. The van der Waals surface area contributed by atoms with E-state index in [4.69, 9.17) is 7.73 Å². The van der Waals surface area contributed by atoms with Crippen molar-refractivity contribution in [3.63, 3.8) is 0 Å². The van der Waals surface area contributed by atoms with Crippen LogP contribution in [-0.4, -0.2) is 14.1 Å². The molecule has 4 aromatic carbocycles. The molecule has 0 saturated heterocycles. The fourth-order valence-electron chi connectivity index (χ4n) is 6.49. The first-order valence-electron chi connectivity index (χ1n) is 14.7. The standard InChI is InChI=1S/C35H35N4/c1-21(2)24-12-11-13-25(22(3)4)34(24)39-31-17-10-9-16-30(31)37(6)35(39)33-23(5)18-19-28-26(33)20-32-36-27-14-7-8-15-29(27)38(28)32/h7-19,21-22H,20H2,1-6H3/q+1/i21D,22D. The molecule has 0 amide bonds. The van der Waals surface area contributed by atoms with E-state index >= 15 is 0 Å². The van der Waals surface area contributed by atoms with E-state index in [-0.39, 0.29) is 0 Å². The minimum Gasteiger partial charge on any atom is -0.296 e. The van der Waals surface area contributed by atoms with Gasteiger partial charge in [-0.3, -0.25) is 4.57 Å². The lowest BCUT2D eigenvalue weighted by Gasteiger charge is -2.19. The number of rotatable bonds is 4. The lowest BCUT2D eigenvalue weighted by molar-refractivity contribution is -0.633. The van der Waals surface area contributed by atoms with Crippen LogP contribution >= 0.6 is 0 Å². The minimum atomic E-state index is -0.868. The lowest BCUT2D eigenvalue weighted by Crippen LogP contribution is -2.31. The molecule has 0 aliphatic carbocycles. The largest absolute Gasteiger partial charge is 0.296 e. The Labute approximate surface area is 233 Å². The Morgan fingerprint density at radius 3 is 2.18 bits per heavy atom. The van der Waals surface area contributed by atoms with Crippen LogP contribution in [0.3, 0.4) is 0 Å². The number of benzene rings is 4. The molecule has 6 aromatic rings. The number of imidazole rings is 2. The summed E-state index contributed by atoms with van der Waals surface area (Å²) in [6.45, 7) is 9.94. The molecule has 1 aliphatic heterocycles. The zero-order valence-electron chi connectivity index (χ0n) is 25.5. The Bertz CT molecular complexity index is 1980. The SMILES string of the molecule is [2H]C(C)(C)c1cccc(C([2H])(C)C)c1-n1c(-c2c(C)ccc3c2Cc2nc4ccccc4n2-3)[n+](C)c2ccccc21. The smallest absolute Gasteiger partial charge is 0.295 e. The van der Waals surface area contributed by atoms with Crippen LogP contribution in [-0.2, 0) is 13.5 Å². The van der Waals surface area contributed by atoms with E-state index in [2.05, 4.69) is 94.4 Å². The summed E-state index contributed by atoms with van der Waals surface area (Å²) in [6, 6.07) is 27.4. The van der Waals surface area contributed by atoms with Gasteiger partial charge in [-0.05, 0) is 60.2 Å². The average Bonchev–Trinajstić information content (AvgIpc) is 3.55. The molecule has 0 radical (unpaired) electrons. The Balaban J connectivity index is 1.63. The maximum absolute atomic E-state index is 9.17. The van der Waals surface area contributed by atoms with Crippen LogP contribution in [0.25, 0.3) is 44.8 Å². The van der Waals surface area contributed by atoms with Gasteiger partial charge >= 0.3 is 0 Å². The van der Waals surface area contributed by atoms with Crippen molar-refractivity contribution in [1.82, 2.24) is 14.1 Å². The van der Waals surface area contributed by atoms with Gasteiger partial charge in [0.1, 0.15) is 11.5 Å². The van der Waals surface area contributed by atoms with Crippen molar-refractivity contribution in [2.75, 3.05) is 0 Å². The molecule has 0 fully saturated rings. The van der Waals surface area contributed by atoms with Crippen LogP contribution in [0.5, 0.6) is 0 Å². The third-order valence-electron chi connectivity index (χ3n) is 8.28. The summed E-state index contributed by atoms with van der Waals surface area (Å²) >= 11 is 0. The van der Waals surface area contributed by atoms with E-state index in [0.29, 0.717) is 0 Å². The molecule has 0 saturated carbocycles. The molecule has 4 nitrogen and oxygen atoms in total. The monoisotopic (exact) mass is 513 g/mol. The van der Waals surface area contributed by atoms with Crippen molar-refractivity contribution >= 4 is 22.1 Å². The molecule has 39 heavy (non-hydrogen) atoms.